The van der Waals surface area contributed by atoms with Crippen LogP contribution in [0.3, 0.4) is 0 Å². The Balaban J connectivity index is 3.35. The summed E-state index contributed by atoms with van der Waals surface area (Å²) in [5.74, 6) is 0. The standard InChI is InChI=1S/C15H26N2O2S/c1-6-15(7-2,11-16)17(5)20(18,19)14-9-8-12(3)10-13(14)4/h8-10H,6-7,11,16H2,1-5H3. The zero-order valence-corrected chi connectivity index (χ0v) is 13.9. The molecule has 2 N–H and O–H groups in total. The third-order valence-electron chi connectivity index (χ3n) is 4.33. The van der Waals surface area contributed by atoms with Gasteiger partial charge in [-0.25, -0.2) is 8.42 Å². The molecule has 0 saturated carbocycles. The zero-order valence-electron chi connectivity index (χ0n) is 13.1. The number of hydrogen-bond acceptors (Lipinski definition) is 3. The van der Waals surface area contributed by atoms with Gasteiger partial charge >= 0.3 is 0 Å². The molecular formula is C15H26N2O2S. The van der Waals surface area contributed by atoms with Crippen molar-refractivity contribution in [2.45, 2.75) is 51.0 Å². The Morgan fingerprint density at radius 2 is 1.75 bits per heavy atom. The number of sulfonamides is 1. The van der Waals surface area contributed by atoms with Crippen molar-refractivity contribution in [1.29, 1.82) is 0 Å². The van der Waals surface area contributed by atoms with Crippen LogP contribution in [0.1, 0.15) is 37.8 Å². The highest BCUT2D eigenvalue weighted by molar-refractivity contribution is 7.89. The second kappa shape index (κ2) is 6.24. The van der Waals surface area contributed by atoms with Gasteiger partial charge in [-0.05, 0) is 38.3 Å². The van der Waals surface area contributed by atoms with Crippen molar-refractivity contribution in [2.24, 2.45) is 5.73 Å². The van der Waals surface area contributed by atoms with E-state index in [0.717, 1.165) is 11.1 Å². The maximum atomic E-state index is 12.9. The molecule has 0 aromatic heterocycles. The minimum absolute atomic E-state index is 0.320. The lowest BCUT2D eigenvalue weighted by Gasteiger charge is -2.39. The predicted molar refractivity (Wildman–Crippen MR) is 83.2 cm³/mol. The van der Waals surface area contributed by atoms with Crippen LogP contribution in [0.5, 0.6) is 0 Å². The minimum Gasteiger partial charge on any atom is -0.329 e. The van der Waals surface area contributed by atoms with Crippen LogP contribution in [0.15, 0.2) is 23.1 Å². The van der Waals surface area contributed by atoms with Crippen LogP contribution in [-0.2, 0) is 10.0 Å². The van der Waals surface area contributed by atoms with Gasteiger partial charge in [0.25, 0.3) is 0 Å². The topological polar surface area (TPSA) is 63.4 Å². The fraction of sp³-hybridized carbons (Fsp3) is 0.600. The van der Waals surface area contributed by atoms with Gasteiger partial charge in [-0.15, -0.1) is 0 Å². The van der Waals surface area contributed by atoms with Crippen LogP contribution >= 0.6 is 0 Å². The van der Waals surface area contributed by atoms with Crippen LogP contribution in [0.25, 0.3) is 0 Å². The van der Waals surface area contributed by atoms with E-state index in [1.807, 2.05) is 39.8 Å². The van der Waals surface area contributed by atoms with E-state index in [-0.39, 0.29) is 0 Å². The smallest absolute Gasteiger partial charge is 0.243 e. The fourth-order valence-electron chi connectivity index (χ4n) is 2.60. The average molecular weight is 298 g/mol. The van der Waals surface area contributed by atoms with Gasteiger partial charge in [-0.3, -0.25) is 0 Å². The number of nitrogens with zero attached hydrogens (tertiary/aromatic N) is 1. The molecule has 5 heteroatoms. The predicted octanol–water partition coefficient (Wildman–Crippen LogP) is 2.44. The molecular weight excluding hydrogens is 272 g/mol. The molecule has 0 heterocycles. The molecule has 1 aromatic rings. The van der Waals surface area contributed by atoms with Gasteiger partial charge in [-0.2, -0.15) is 4.31 Å². The Kier molecular flexibility index (Phi) is 5.35. The molecule has 0 radical (unpaired) electrons. The molecule has 1 aromatic carbocycles. The van der Waals surface area contributed by atoms with E-state index in [2.05, 4.69) is 0 Å². The number of hydrogen-bond donors (Lipinski definition) is 1. The highest BCUT2D eigenvalue weighted by Crippen LogP contribution is 2.29. The van der Waals surface area contributed by atoms with Crippen LogP contribution in [-0.4, -0.2) is 31.9 Å². The summed E-state index contributed by atoms with van der Waals surface area (Å²) >= 11 is 0. The largest absolute Gasteiger partial charge is 0.329 e. The molecule has 0 spiro atoms. The monoisotopic (exact) mass is 298 g/mol. The van der Waals surface area contributed by atoms with Crippen molar-refractivity contribution in [1.82, 2.24) is 4.31 Å². The molecule has 0 amide bonds. The van der Waals surface area contributed by atoms with Crippen LogP contribution < -0.4 is 5.73 Å². The average Bonchev–Trinajstić information content (AvgIpc) is 2.40. The van der Waals surface area contributed by atoms with E-state index < -0.39 is 15.6 Å². The molecule has 1 rings (SSSR count). The van der Waals surface area contributed by atoms with Crippen molar-refractivity contribution < 1.29 is 8.42 Å². The molecule has 0 aliphatic rings. The van der Waals surface area contributed by atoms with E-state index in [0.29, 0.717) is 24.3 Å². The number of rotatable bonds is 6. The van der Waals surface area contributed by atoms with Crippen LogP contribution in [0.4, 0.5) is 0 Å². The van der Waals surface area contributed by atoms with E-state index in [1.165, 1.54) is 4.31 Å². The number of benzene rings is 1. The van der Waals surface area contributed by atoms with Gasteiger partial charge < -0.3 is 5.73 Å². The molecule has 0 bridgehead atoms. The lowest BCUT2D eigenvalue weighted by Crippen LogP contribution is -2.53. The van der Waals surface area contributed by atoms with Crippen molar-refractivity contribution >= 4 is 10.0 Å². The third kappa shape index (κ3) is 2.90. The molecule has 0 unspecified atom stereocenters. The Morgan fingerprint density at radius 3 is 2.15 bits per heavy atom. The van der Waals surface area contributed by atoms with Crippen LogP contribution in [0, 0.1) is 13.8 Å². The SMILES string of the molecule is CCC(CC)(CN)N(C)S(=O)(=O)c1ccc(C)cc1C. The first-order chi connectivity index (χ1) is 9.25. The number of aryl methyl sites for hydroxylation is 2. The Hall–Kier alpha value is -0.910. The fourth-order valence-corrected chi connectivity index (χ4v) is 4.45. The minimum atomic E-state index is -3.53. The van der Waals surface area contributed by atoms with Gasteiger partial charge in [0.1, 0.15) is 0 Å². The van der Waals surface area contributed by atoms with Crippen molar-refractivity contribution in [3.8, 4) is 0 Å². The zero-order chi connectivity index (χ0) is 15.6. The molecule has 20 heavy (non-hydrogen) atoms. The van der Waals surface area contributed by atoms with Gasteiger partial charge in [0.15, 0.2) is 0 Å². The summed E-state index contributed by atoms with van der Waals surface area (Å²) in [5.41, 5.74) is 7.17. The van der Waals surface area contributed by atoms with Crippen LogP contribution in [0.2, 0.25) is 0 Å². The Morgan fingerprint density at radius 1 is 1.20 bits per heavy atom. The summed E-state index contributed by atoms with van der Waals surface area (Å²) in [6.45, 7) is 8.06. The Labute approximate surface area is 123 Å². The van der Waals surface area contributed by atoms with Crippen molar-refractivity contribution in [3.05, 3.63) is 29.3 Å². The van der Waals surface area contributed by atoms with E-state index in [1.54, 1.807) is 13.1 Å². The molecule has 0 atom stereocenters. The van der Waals surface area contributed by atoms with Crippen molar-refractivity contribution in [3.63, 3.8) is 0 Å². The first-order valence-corrected chi connectivity index (χ1v) is 8.45. The lowest BCUT2D eigenvalue weighted by atomic mass is 9.93. The Bertz CT molecular complexity index is 555. The number of likely N-dealkylation sites (N-methyl/N-ethyl adjacent to an activating group) is 1. The van der Waals surface area contributed by atoms with E-state index in [9.17, 15) is 8.42 Å². The van der Waals surface area contributed by atoms with Gasteiger partial charge in [0, 0.05) is 19.1 Å². The highest BCUT2D eigenvalue weighted by atomic mass is 32.2. The summed E-state index contributed by atoms with van der Waals surface area (Å²) in [4.78, 5) is 0.366. The van der Waals surface area contributed by atoms with Gasteiger partial charge in [0.2, 0.25) is 10.0 Å². The molecule has 0 fully saturated rings. The molecule has 0 aliphatic heterocycles. The van der Waals surface area contributed by atoms with E-state index in [4.69, 9.17) is 5.73 Å². The summed E-state index contributed by atoms with van der Waals surface area (Å²) in [7, 11) is -1.89. The molecule has 0 aliphatic carbocycles. The molecule has 114 valence electrons. The maximum Gasteiger partial charge on any atom is 0.243 e. The van der Waals surface area contributed by atoms with Gasteiger partial charge in [-0.1, -0.05) is 31.5 Å². The first kappa shape index (κ1) is 17.1. The second-order valence-electron chi connectivity index (χ2n) is 5.38. The first-order valence-electron chi connectivity index (χ1n) is 7.01. The molecule has 4 nitrogen and oxygen atoms in total. The normalized spacial score (nSPS) is 12.9. The quantitative estimate of drug-likeness (QED) is 0.877. The summed E-state index contributed by atoms with van der Waals surface area (Å²) < 4.78 is 27.2. The summed E-state index contributed by atoms with van der Waals surface area (Å²) in [5, 5.41) is 0. The third-order valence-corrected chi connectivity index (χ3v) is 6.46. The van der Waals surface area contributed by atoms with E-state index >= 15 is 0 Å². The summed E-state index contributed by atoms with van der Waals surface area (Å²) in [6, 6.07) is 5.40. The maximum absolute atomic E-state index is 12.9. The molecule has 0 saturated heterocycles. The lowest BCUT2D eigenvalue weighted by molar-refractivity contribution is 0.208. The van der Waals surface area contributed by atoms with Crippen molar-refractivity contribution in [2.75, 3.05) is 13.6 Å². The summed E-state index contributed by atoms with van der Waals surface area (Å²) in [6.07, 6.45) is 1.39. The second-order valence-corrected chi connectivity index (χ2v) is 7.31. The number of nitrogens with two attached hydrogens (primary N) is 1. The van der Waals surface area contributed by atoms with Gasteiger partial charge in [0.05, 0.1) is 4.90 Å². The highest BCUT2D eigenvalue weighted by Gasteiger charge is 2.38.